The largest absolute Gasteiger partial charge is 0.290 e. The Bertz CT molecular complexity index is 1260. The zero-order valence-electron chi connectivity index (χ0n) is 20.3. The first-order valence-electron chi connectivity index (χ1n) is 12.8. The van der Waals surface area contributed by atoms with Gasteiger partial charge in [0, 0.05) is 35.1 Å². The minimum absolute atomic E-state index is 0.283. The molecule has 4 aromatic rings. The summed E-state index contributed by atoms with van der Waals surface area (Å²) >= 11 is 7.64. The third-order valence-electron chi connectivity index (χ3n) is 7.83. The molecule has 0 radical (unpaired) electrons. The van der Waals surface area contributed by atoms with Crippen LogP contribution >= 0.6 is 31.9 Å². The number of hydrogen-bond donors (Lipinski definition) is 0. The summed E-state index contributed by atoms with van der Waals surface area (Å²) in [4.78, 5) is 5.45. The Hall–Kier alpha value is -2.24. The molecule has 4 heteroatoms. The highest BCUT2D eigenvalue weighted by Crippen LogP contribution is 2.46. The highest BCUT2D eigenvalue weighted by molar-refractivity contribution is 9.10. The Labute approximate surface area is 231 Å². The van der Waals surface area contributed by atoms with Crippen LogP contribution in [0, 0.1) is 0 Å². The SMILES string of the molecule is Brc1ccccc1CN1CCc2ccccc2[C@@H]1[C@H]1c2ccccc2CCN1Cc1ccccc1Br. The van der Waals surface area contributed by atoms with Crippen LogP contribution in [0.4, 0.5) is 0 Å². The van der Waals surface area contributed by atoms with E-state index in [1.165, 1.54) is 42.3 Å². The Morgan fingerprint density at radius 2 is 0.917 bits per heavy atom. The van der Waals surface area contributed by atoms with Crippen LogP contribution in [0.15, 0.2) is 106 Å². The summed E-state index contributed by atoms with van der Waals surface area (Å²) in [6.45, 7) is 3.99. The van der Waals surface area contributed by atoms with Crippen molar-refractivity contribution < 1.29 is 0 Å². The molecule has 0 amide bonds. The van der Waals surface area contributed by atoms with Gasteiger partial charge in [-0.3, -0.25) is 9.80 Å². The van der Waals surface area contributed by atoms with Gasteiger partial charge in [0.05, 0.1) is 12.1 Å². The normalized spacial score (nSPS) is 20.1. The molecule has 2 heterocycles. The maximum atomic E-state index is 3.82. The van der Waals surface area contributed by atoms with Crippen molar-refractivity contribution in [3.05, 3.63) is 139 Å². The molecule has 0 spiro atoms. The molecule has 2 aliphatic rings. The molecule has 0 bridgehead atoms. The van der Waals surface area contributed by atoms with Crippen molar-refractivity contribution in [3.63, 3.8) is 0 Å². The van der Waals surface area contributed by atoms with Gasteiger partial charge in [-0.2, -0.15) is 0 Å². The van der Waals surface area contributed by atoms with Gasteiger partial charge >= 0.3 is 0 Å². The van der Waals surface area contributed by atoms with Crippen molar-refractivity contribution in [2.24, 2.45) is 0 Å². The summed E-state index contributed by atoms with van der Waals surface area (Å²) in [5.74, 6) is 0. The van der Waals surface area contributed by atoms with Gasteiger partial charge in [-0.05, 0) is 58.4 Å². The van der Waals surface area contributed by atoms with E-state index in [0.29, 0.717) is 0 Å². The van der Waals surface area contributed by atoms with E-state index in [-0.39, 0.29) is 12.1 Å². The lowest BCUT2D eigenvalue weighted by atomic mass is 9.80. The average molecular weight is 602 g/mol. The van der Waals surface area contributed by atoms with Crippen LogP contribution in [-0.2, 0) is 25.9 Å². The standard InChI is InChI=1S/C32H30Br2N2/c33-29-15-7-3-11-25(29)21-35-19-17-23-9-1-5-13-27(23)31(35)32-28-14-6-2-10-24(28)18-20-36(32)22-26-12-4-8-16-30(26)34/h1-16,31-32H,17-22H2/t31-,32-/m1/s1. The number of nitrogens with zero attached hydrogens (tertiary/aromatic N) is 2. The fourth-order valence-electron chi connectivity index (χ4n) is 6.09. The topological polar surface area (TPSA) is 6.48 Å². The monoisotopic (exact) mass is 600 g/mol. The van der Waals surface area contributed by atoms with Crippen molar-refractivity contribution >= 4 is 31.9 Å². The van der Waals surface area contributed by atoms with Crippen LogP contribution in [0.2, 0.25) is 0 Å². The van der Waals surface area contributed by atoms with E-state index in [9.17, 15) is 0 Å². The fourth-order valence-corrected chi connectivity index (χ4v) is 6.91. The molecular formula is C32H30Br2N2. The lowest BCUT2D eigenvalue weighted by Gasteiger charge is -2.48. The average Bonchev–Trinajstić information content (AvgIpc) is 2.91. The summed E-state index contributed by atoms with van der Waals surface area (Å²) in [6, 6.07) is 36.2. The van der Waals surface area contributed by atoms with Crippen LogP contribution < -0.4 is 0 Å². The molecule has 2 atom stereocenters. The first kappa shape index (κ1) is 24.1. The molecule has 0 aliphatic carbocycles. The lowest BCUT2D eigenvalue weighted by molar-refractivity contribution is 0.0517. The zero-order valence-corrected chi connectivity index (χ0v) is 23.5. The Morgan fingerprint density at radius 3 is 1.36 bits per heavy atom. The smallest absolute Gasteiger partial charge is 0.0551 e. The summed E-state index contributed by atoms with van der Waals surface area (Å²) in [5.41, 5.74) is 8.65. The minimum Gasteiger partial charge on any atom is -0.290 e. The first-order chi connectivity index (χ1) is 17.7. The first-order valence-corrected chi connectivity index (χ1v) is 14.4. The zero-order chi connectivity index (χ0) is 24.5. The molecule has 6 rings (SSSR count). The van der Waals surface area contributed by atoms with Crippen molar-refractivity contribution in [3.8, 4) is 0 Å². The van der Waals surface area contributed by atoms with E-state index in [2.05, 4.69) is 139 Å². The quantitative estimate of drug-likeness (QED) is 0.228. The number of benzene rings is 4. The van der Waals surface area contributed by atoms with Crippen molar-refractivity contribution in [2.75, 3.05) is 13.1 Å². The Balaban J connectivity index is 1.47. The summed E-state index contributed by atoms with van der Waals surface area (Å²) in [5, 5.41) is 0. The van der Waals surface area contributed by atoms with Gasteiger partial charge in [0.2, 0.25) is 0 Å². The van der Waals surface area contributed by atoms with Gasteiger partial charge < -0.3 is 0 Å². The van der Waals surface area contributed by atoms with Crippen molar-refractivity contribution in [2.45, 2.75) is 38.0 Å². The number of hydrogen-bond acceptors (Lipinski definition) is 2. The predicted molar refractivity (Wildman–Crippen MR) is 155 cm³/mol. The van der Waals surface area contributed by atoms with E-state index in [4.69, 9.17) is 0 Å². The van der Waals surface area contributed by atoms with Crippen LogP contribution in [-0.4, -0.2) is 22.9 Å². The number of rotatable bonds is 5. The molecular weight excluding hydrogens is 572 g/mol. The molecule has 182 valence electrons. The van der Waals surface area contributed by atoms with E-state index in [1.54, 1.807) is 0 Å². The second-order valence-corrected chi connectivity index (χ2v) is 11.6. The van der Waals surface area contributed by atoms with Gasteiger partial charge in [0.15, 0.2) is 0 Å². The third-order valence-corrected chi connectivity index (χ3v) is 9.38. The summed E-state index contributed by atoms with van der Waals surface area (Å²) in [7, 11) is 0. The van der Waals surface area contributed by atoms with Crippen LogP contribution in [0.25, 0.3) is 0 Å². The molecule has 36 heavy (non-hydrogen) atoms. The molecule has 2 nitrogen and oxygen atoms in total. The summed E-state index contributed by atoms with van der Waals surface area (Å²) < 4.78 is 2.38. The molecule has 0 N–H and O–H groups in total. The van der Waals surface area contributed by atoms with E-state index in [0.717, 1.165) is 39.0 Å². The van der Waals surface area contributed by atoms with Crippen LogP contribution in [0.1, 0.15) is 45.5 Å². The highest BCUT2D eigenvalue weighted by Gasteiger charge is 2.40. The van der Waals surface area contributed by atoms with E-state index in [1.807, 2.05) is 0 Å². The molecule has 0 saturated heterocycles. The molecule has 0 aromatic heterocycles. The second-order valence-electron chi connectivity index (χ2n) is 9.91. The molecule has 0 unspecified atom stereocenters. The molecule has 0 saturated carbocycles. The Morgan fingerprint density at radius 1 is 0.528 bits per heavy atom. The van der Waals surface area contributed by atoms with Gasteiger partial charge in [-0.15, -0.1) is 0 Å². The van der Waals surface area contributed by atoms with Gasteiger partial charge in [-0.1, -0.05) is 117 Å². The Kier molecular flexibility index (Phi) is 7.12. The van der Waals surface area contributed by atoms with E-state index < -0.39 is 0 Å². The van der Waals surface area contributed by atoms with Gasteiger partial charge in [0.25, 0.3) is 0 Å². The maximum absolute atomic E-state index is 3.82. The van der Waals surface area contributed by atoms with Crippen LogP contribution in [0.5, 0.6) is 0 Å². The fraction of sp³-hybridized carbons (Fsp3) is 0.250. The van der Waals surface area contributed by atoms with Gasteiger partial charge in [-0.25, -0.2) is 0 Å². The van der Waals surface area contributed by atoms with Gasteiger partial charge in [0.1, 0.15) is 0 Å². The maximum Gasteiger partial charge on any atom is 0.0551 e. The number of halogens is 2. The van der Waals surface area contributed by atoms with E-state index >= 15 is 0 Å². The lowest BCUT2D eigenvalue weighted by Crippen LogP contribution is -2.46. The highest BCUT2D eigenvalue weighted by atomic mass is 79.9. The summed E-state index contributed by atoms with van der Waals surface area (Å²) in [6.07, 6.45) is 2.19. The second kappa shape index (κ2) is 10.6. The minimum atomic E-state index is 0.283. The third kappa shape index (κ3) is 4.72. The van der Waals surface area contributed by atoms with Crippen LogP contribution in [0.3, 0.4) is 0 Å². The van der Waals surface area contributed by atoms with Crippen molar-refractivity contribution in [1.82, 2.24) is 9.80 Å². The number of fused-ring (bicyclic) bond motifs is 2. The predicted octanol–water partition coefficient (Wildman–Crippen LogP) is 8.11. The molecule has 4 aromatic carbocycles. The molecule has 0 fully saturated rings. The van der Waals surface area contributed by atoms with Crippen molar-refractivity contribution in [1.29, 1.82) is 0 Å². The molecule has 2 aliphatic heterocycles.